The highest BCUT2D eigenvalue weighted by Crippen LogP contribution is 2.00. The SMILES string of the molecule is NC(=O)c1ncn2c(=O)n(CCI)nnc12. The number of rotatable bonds is 3. The summed E-state index contributed by atoms with van der Waals surface area (Å²) in [6.45, 7) is 0.451. The predicted molar refractivity (Wildman–Crippen MR) is 62.4 cm³/mol. The number of hydrogen-bond acceptors (Lipinski definition) is 5. The van der Waals surface area contributed by atoms with E-state index in [0.717, 1.165) is 8.83 Å². The molecule has 8 nitrogen and oxygen atoms in total. The Kier molecular flexibility index (Phi) is 2.85. The van der Waals surface area contributed by atoms with Gasteiger partial charge in [0.2, 0.25) is 0 Å². The Labute approximate surface area is 103 Å². The number of fused-ring (bicyclic) bond motifs is 1. The van der Waals surface area contributed by atoms with Crippen molar-refractivity contribution in [1.29, 1.82) is 0 Å². The van der Waals surface area contributed by atoms with E-state index in [1.807, 2.05) is 0 Å². The van der Waals surface area contributed by atoms with Crippen molar-refractivity contribution in [1.82, 2.24) is 24.4 Å². The van der Waals surface area contributed by atoms with Gasteiger partial charge in [0.05, 0.1) is 6.54 Å². The zero-order chi connectivity index (χ0) is 11.7. The molecule has 0 saturated heterocycles. The Morgan fingerprint density at radius 2 is 2.31 bits per heavy atom. The third-order valence-corrected chi connectivity index (χ3v) is 2.43. The van der Waals surface area contributed by atoms with Crippen molar-refractivity contribution in [2.75, 3.05) is 4.43 Å². The van der Waals surface area contributed by atoms with E-state index in [9.17, 15) is 9.59 Å². The van der Waals surface area contributed by atoms with Crippen molar-refractivity contribution in [3.05, 3.63) is 22.5 Å². The lowest BCUT2D eigenvalue weighted by Crippen LogP contribution is -2.30. The number of halogens is 1. The zero-order valence-electron chi connectivity index (χ0n) is 8.00. The van der Waals surface area contributed by atoms with Crippen LogP contribution in [0.2, 0.25) is 0 Å². The topological polar surface area (TPSA) is 108 Å². The van der Waals surface area contributed by atoms with Crippen molar-refractivity contribution in [3.63, 3.8) is 0 Å². The van der Waals surface area contributed by atoms with Crippen molar-refractivity contribution in [3.8, 4) is 0 Å². The number of carbonyl (C=O) groups excluding carboxylic acids is 1. The molecule has 2 rings (SSSR count). The maximum atomic E-state index is 11.8. The van der Waals surface area contributed by atoms with Gasteiger partial charge in [-0.2, -0.15) is 4.68 Å². The van der Waals surface area contributed by atoms with E-state index >= 15 is 0 Å². The van der Waals surface area contributed by atoms with Gasteiger partial charge in [-0.05, 0) is 0 Å². The molecule has 0 saturated carbocycles. The molecular weight excluding hydrogens is 327 g/mol. The lowest BCUT2D eigenvalue weighted by atomic mass is 10.4. The van der Waals surface area contributed by atoms with Gasteiger partial charge in [-0.3, -0.25) is 4.79 Å². The van der Waals surface area contributed by atoms with Crippen LogP contribution in [0.1, 0.15) is 10.5 Å². The Morgan fingerprint density at radius 3 is 2.94 bits per heavy atom. The molecule has 0 aliphatic rings. The lowest BCUT2D eigenvalue weighted by molar-refractivity contribution is 0.0997. The normalized spacial score (nSPS) is 10.8. The summed E-state index contributed by atoms with van der Waals surface area (Å²) in [5, 5.41) is 7.44. The quantitative estimate of drug-likeness (QED) is 0.561. The van der Waals surface area contributed by atoms with Gasteiger partial charge < -0.3 is 5.73 Å². The second-order valence-electron chi connectivity index (χ2n) is 2.94. The molecule has 84 valence electrons. The first kappa shape index (κ1) is 11.0. The summed E-state index contributed by atoms with van der Waals surface area (Å²) < 4.78 is 3.08. The van der Waals surface area contributed by atoms with Crippen LogP contribution < -0.4 is 11.4 Å². The number of primary amides is 1. The van der Waals surface area contributed by atoms with Crippen LogP contribution in [0, 0.1) is 0 Å². The third-order valence-electron chi connectivity index (χ3n) is 1.95. The van der Waals surface area contributed by atoms with Gasteiger partial charge in [0, 0.05) is 4.43 Å². The minimum atomic E-state index is -0.733. The highest BCUT2D eigenvalue weighted by Gasteiger charge is 2.14. The van der Waals surface area contributed by atoms with Crippen LogP contribution in [0.3, 0.4) is 0 Å². The van der Waals surface area contributed by atoms with Gasteiger partial charge in [0.25, 0.3) is 5.91 Å². The van der Waals surface area contributed by atoms with E-state index in [-0.39, 0.29) is 17.0 Å². The van der Waals surface area contributed by atoms with E-state index in [2.05, 4.69) is 37.9 Å². The van der Waals surface area contributed by atoms with E-state index in [4.69, 9.17) is 5.73 Å². The van der Waals surface area contributed by atoms with Crippen LogP contribution >= 0.6 is 22.6 Å². The molecule has 1 amide bonds. The van der Waals surface area contributed by atoms with Gasteiger partial charge in [0.1, 0.15) is 6.33 Å². The smallest absolute Gasteiger partial charge is 0.352 e. The minimum absolute atomic E-state index is 0.0498. The van der Waals surface area contributed by atoms with Crippen LogP contribution in [0.15, 0.2) is 11.1 Å². The molecule has 0 aliphatic carbocycles. The summed E-state index contributed by atoms with van der Waals surface area (Å²) in [6, 6.07) is 0. The van der Waals surface area contributed by atoms with E-state index < -0.39 is 5.91 Å². The first-order valence-corrected chi connectivity index (χ1v) is 5.84. The molecule has 0 atom stereocenters. The van der Waals surface area contributed by atoms with Gasteiger partial charge in [-0.25, -0.2) is 14.2 Å². The molecule has 0 bridgehead atoms. The fourth-order valence-electron chi connectivity index (χ4n) is 1.23. The van der Waals surface area contributed by atoms with Gasteiger partial charge in [-0.1, -0.05) is 27.8 Å². The molecule has 2 aromatic rings. The number of amides is 1. The first-order chi connectivity index (χ1) is 7.65. The van der Waals surface area contributed by atoms with Crippen LogP contribution in [-0.2, 0) is 6.54 Å². The molecule has 0 aliphatic heterocycles. The average Bonchev–Trinajstić information content (AvgIpc) is 2.67. The van der Waals surface area contributed by atoms with E-state index in [0.29, 0.717) is 6.54 Å². The summed E-state index contributed by atoms with van der Waals surface area (Å²) in [6.07, 6.45) is 1.22. The van der Waals surface area contributed by atoms with Gasteiger partial charge >= 0.3 is 5.69 Å². The number of carbonyl (C=O) groups is 1. The van der Waals surface area contributed by atoms with Crippen LogP contribution in [0.25, 0.3) is 5.65 Å². The van der Waals surface area contributed by atoms with E-state index in [1.165, 1.54) is 11.0 Å². The molecule has 0 aromatic carbocycles. The summed E-state index contributed by atoms with van der Waals surface area (Å²) in [4.78, 5) is 26.5. The maximum absolute atomic E-state index is 11.8. The number of hydrogen-bond donors (Lipinski definition) is 1. The third kappa shape index (κ3) is 1.66. The molecule has 9 heteroatoms. The second kappa shape index (κ2) is 4.15. The number of nitrogens with two attached hydrogens (primary N) is 1. The molecule has 16 heavy (non-hydrogen) atoms. The fraction of sp³-hybridized carbons (Fsp3) is 0.286. The highest BCUT2D eigenvalue weighted by atomic mass is 127. The molecule has 0 fully saturated rings. The summed E-state index contributed by atoms with van der Waals surface area (Å²) in [7, 11) is 0. The zero-order valence-corrected chi connectivity index (χ0v) is 10.2. The standard InChI is InChI=1S/C7H7IN6O2/c8-1-2-14-7(16)13-3-10-4(5(9)15)6(13)11-12-14/h3H,1-2H2,(H2,9,15). The lowest BCUT2D eigenvalue weighted by Gasteiger charge is -2.00. The van der Waals surface area contributed by atoms with Crippen LogP contribution in [0.5, 0.6) is 0 Å². The van der Waals surface area contributed by atoms with Crippen LogP contribution in [-0.4, -0.2) is 34.7 Å². The van der Waals surface area contributed by atoms with Crippen molar-refractivity contribution >= 4 is 34.1 Å². The Balaban J connectivity index is 2.69. The number of aromatic nitrogens is 5. The molecular formula is C7H7IN6O2. The molecule has 0 radical (unpaired) electrons. The second-order valence-corrected chi connectivity index (χ2v) is 4.01. The Hall–Kier alpha value is -1.52. The number of alkyl halides is 1. The monoisotopic (exact) mass is 334 g/mol. The van der Waals surface area contributed by atoms with Crippen molar-refractivity contribution in [2.45, 2.75) is 6.54 Å². The van der Waals surface area contributed by atoms with Gasteiger partial charge in [-0.15, -0.1) is 5.10 Å². The largest absolute Gasteiger partial charge is 0.364 e. The summed E-state index contributed by atoms with van der Waals surface area (Å²) in [5.74, 6) is -0.733. The molecule has 0 unspecified atom stereocenters. The molecule has 2 N–H and O–H groups in total. The van der Waals surface area contributed by atoms with Crippen molar-refractivity contribution < 1.29 is 4.79 Å². The Morgan fingerprint density at radius 1 is 1.56 bits per heavy atom. The van der Waals surface area contributed by atoms with Crippen LogP contribution in [0.4, 0.5) is 0 Å². The van der Waals surface area contributed by atoms with Crippen molar-refractivity contribution in [2.24, 2.45) is 5.73 Å². The fourth-order valence-corrected chi connectivity index (χ4v) is 1.69. The predicted octanol–water partition coefficient (Wildman–Crippen LogP) is -1.18. The van der Waals surface area contributed by atoms with Gasteiger partial charge in [0.15, 0.2) is 11.3 Å². The summed E-state index contributed by atoms with van der Waals surface area (Å²) in [5.41, 5.74) is 4.73. The maximum Gasteiger partial charge on any atom is 0.352 e. The minimum Gasteiger partial charge on any atom is -0.364 e. The number of aryl methyl sites for hydroxylation is 1. The molecule has 0 spiro atoms. The average molecular weight is 334 g/mol. The number of imidazole rings is 1. The molecule has 2 aromatic heterocycles. The molecule has 2 heterocycles. The number of nitrogens with zero attached hydrogens (tertiary/aromatic N) is 5. The highest BCUT2D eigenvalue weighted by molar-refractivity contribution is 14.1. The Bertz CT molecular complexity index is 602. The first-order valence-electron chi connectivity index (χ1n) is 4.31. The van der Waals surface area contributed by atoms with E-state index in [1.54, 1.807) is 0 Å². The summed E-state index contributed by atoms with van der Waals surface area (Å²) >= 11 is 2.12.